The number of rotatable bonds is 6. The van der Waals surface area contributed by atoms with Gasteiger partial charge >= 0.3 is 5.97 Å². The average Bonchev–Trinajstić information content (AvgIpc) is 2.81. The van der Waals surface area contributed by atoms with Crippen molar-refractivity contribution in [2.45, 2.75) is 32.7 Å². The van der Waals surface area contributed by atoms with E-state index < -0.39 is 0 Å². The quantitative estimate of drug-likeness (QED) is 0.796. The topological polar surface area (TPSA) is 54.1 Å². The Morgan fingerprint density at radius 1 is 1.45 bits per heavy atom. The SMILES string of the molecule is COC(=O)CCN[C@H](C)Cc1c[nH]c2ccc(C)cc12. The summed E-state index contributed by atoms with van der Waals surface area (Å²) in [5.41, 5.74) is 3.75. The fourth-order valence-corrected chi connectivity index (χ4v) is 2.39. The van der Waals surface area contributed by atoms with E-state index in [1.807, 2.05) is 0 Å². The van der Waals surface area contributed by atoms with Crippen LogP contribution in [0.3, 0.4) is 0 Å². The van der Waals surface area contributed by atoms with Gasteiger partial charge in [0.15, 0.2) is 0 Å². The van der Waals surface area contributed by atoms with Crippen LogP contribution >= 0.6 is 0 Å². The second kappa shape index (κ2) is 6.57. The molecule has 2 rings (SSSR count). The van der Waals surface area contributed by atoms with Gasteiger partial charge in [0.2, 0.25) is 0 Å². The number of carbonyl (C=O) groups excluding carboxylic acids is 1. The van der Waals surface area contributed by atoms with Gasteiger partial charge < -0.3 is 15.0 Å². The zero-order valence-corrected chi connectivity index (χ0v) is 12.3. The second-order valence-electron chi connectivity index (χ2n) is 5.25. The molecule has 1 aromatic heterocycles. The van der Waals surface area contributed by atoms with Gasteiger partial charge in [0.25, 0.3) is 0 Å². The highest BCUT2D eigenvalue weighted by molar-refractivity contribution is 5.83. The minimum absolute atomic E-state index is 0.174. The van der Waals surface area contributed by atoms with Gasteiger partial charge in [-0.3, -0.25) is 4.79 Å². The molecule has 0 amide bonds. The Balaban J connectivity index is 1.94. The van der Waals surface area contributed by atoms with Gasteiger partial charge in [-0.25, -0.2) is 0 Å². The van der Waals surface area contributed by atoms with Crippen LogP contribution in [0, 0.1) is 6.92 Å². The molecule has 0 aliphatic rings. The maximum Gasteiger partial charge on any atom is 0.306 e. The summed E-state index contributed by atoms with van der Waals surface area (Å²) in [5.74, 6) is -0.174. The van der Waals surface area contributed by atoms with Gasteiger partial charge in [0.05, 0.1) is 13.5 Å². The molecule has 1 heterocycles. The number of hydrogen-bond donors (Lipinski definition) is 2. The Morgan fingerprint density at radius 2 is 2.25 bits per heavy atom. The molecule has 108 valence electrons. The molecule has 0 saturated carbocycles. The highest BCUT2D eigenvalue weighted by atomic mass is 16.5. The Kier molecular flexibility index (Phi) is 4.79. The van der Waals surface area contributed by atoms with E-state index in [0.717, 1.165) is 6.42 Å². The van der Waals surface area contributed by atoms with Crippen LogP contribution < -0.4 is 5.32 Å². The fraction of sp³-hybridized carbons (Fsp3) is 0.438. The number of esters is 1. The van der Waals surface area contributed by atoms with Crippen LogP contribution in [0.15, 0.2) is 24.4 Å². The molecule has 0 radical (unpaired) electrons. The molecule has 0 saturated heterocycles. The summed E-state index contributed by atoms with van der Waals surface area (Å²) in [6.07, 6.45) is 3.42. The average molecular weight is 274 g/mol. The van der Waals surface area contributed by atoms with Crippen LogP contribution in [0.25, 0.3) is 10.9 Å². The molecule has 1 atom stereocenters. The Hall–Kier alpha value is -1.81. The number of hydrogen-bond acceptors (Lipinski definition) is 3. The smallest absolute Gasteiger partial charge is 0.306 e. The molecule has 2 aromatic rings. The predicted octanol–water partition coefficient (Wildman–Crippen LogP) is 2.56. The van der Waals surface area contributed by atoms with Gasteiger partial charge in [0.1, 0.15) is 0 Å². The Morgan fingerprint density at radius 3 is 3.00 bits per heavy atom. The lowest BCUT2D eigenvalue weighted by Gasteiger charge is -2.12. The molecule has 20 heavy (non-hydrogen) atoms. The van der Waals surface area contributed by atoms with Crippen molar-refractivity contribution in [2.75, 3.05) is 13.7 Å². The molecule has 4 heteroatoms. The van der Waals surface area contributed by atoms with Crippen molar-refractivity contribution in [3.05, 3.63) is 35.5 Å². The van der Waals surface area contributed by atoms with Crippen molar-refractivity contribution < 1.29 is 9.53 Å². The van der Waals surface area contributed by atoms with Crippen molar-refractivity contribution in [2.24, 2.45) is 0 Å². The van der Waals surface area contributed by atoms with E-state index in [1.54, 1.807) is 0 Å². The van der Waals surface area contributed by atoms with E-state index in [1.165, 1.54) is 29.1 Å². The third-order valence-electron chi connectivity index (χ3n) is 3.50. The van der Waals surface area contributed by atoms with E-state index in [2.05, 4.69) is 53.3 Å². The number of aromatic nitrogens is 1. The van der Waals surface area contributed by atoms with Gasteiger partial charge in [-0.15, -0.1) is 0 Å². The zero-order chi connectivity index (χ0) is 14.5. The van der Waals surface area contributed by atoms with Crippen LogP contribution in [0.2, 0.25) is 0 Å². The van der Waals surface area contributed by atoms with Crippen LogP contribution in [-0.2, 0) is 16.0 Å². The second-order valence-corrected chi connectivity index (χ2v) is 5.25. The molecular formula is C16H22N2O2. The van der Waals surface area contributed by atoms with Crippen LogP contribution in [0.4, 0.5) is 0 Å². The lowest BCUT2D eigenvalue weighted by Crippen LogP contribution is -2.30. The molecule has 0 unspecified atom stereocenters. The summed E-state index contributed by atoms with van der Waals surface area (Å²) in [6.45, 7) is 4.88. The molecule has 2 N–H and O–H groups in total. The van der Waals surface area contributed by atoms with Crippen LogP contribution in [0.1, 0.15) is 24.5 Å². The number of fused-ring (bicyclic) bond motifs is 1. The Bertz CT molecular complexity index is 589. The van der Waals surface area contributed by atoms with E-state index in [9.17, 15) is 4.79 Å². The number of methoxy groups -OCH3 is 1. The first-order valence-electron chi connectivity index (χ1n) is 6.97. The molecule has 0 bridgehead atoms. The standard InChI is InChI=1S/C16H22N2O2/c1-11-4-5-15-14(8-11)13(10-18-15)9-12(2)17-7-6-16(19)20-3/h4-5,8,10,12,17-18H,6-7,9H2,1-3H3/t12-/m1/s1. The summed E-state index contributed by atoms with van der Waals surface area (Å²) >= 11 is 0. The number of benzene rings is 1. The third kappa shape index (κ3) is 3.61. The first-order chi connectivity index (χ1) is 9.60. The molecule has 0 spiro atoms. The van der Waals surface area contributed by atoms with Crippen LogP contribution in [0.5, 0.6) is 0 Å². The number of ether oxygens (including phenoxy) is 1. The van der Waals surface area contributed by atoms with Gasteiger partial charge in [0, 0.05) is 29.7 Å². The molecule has 0 aliphatic heterocycles. The normalized spacial score (nSPS) is 12.6. The molecule has 1 aromatic carbocycles. The molecule has 0 fully saturated rings. The maximum absolute atomic E-state index is 11.1. The molecular weight excluding hydrogens is 252 g/mol. The lowest BCUT2D eigenvalue weighted by atomic mass is 10.0. The number of aromatic amines is 1. The minimum atomic E-state index is -0.174. The first-order valence-corrected chi connectivity index (χ1v) is 6.97. The van der Waals surface area contributed by atoms with Crippen molar-refractivity contribution in [3.8, 4) is 0 Å². The lowest BCUT2D eigenvalue weighted by molar-refractivity contribution is -0.140. The monoisotopic (exact) mass is 274 g/mol. The number of nitrogens with one attached hydrogen (secondary N) is 2. The molecule has 4 nitrogen and oxygen atoms in total. The third-order valence-corrected chi connectivity index (χ3v) is 3.50. The number of H-pyrrole nitrogens is 1. The van der Waals surface area contributed by atoms with E-state index in [4.69, 9.17) is 0 Å². The highest BCUT2D eigenvalue weighted by Gasteiger charge is 2.09. The van der Waals surface area contributed by atoms with Crippen molar-refractivity contribution in [3.63, 3.8) is 0 Å². The largest absolute Gasteiger partial charge is 0.469 e. The van der Waals surface area contributed by atoms with E-state index in [0.29, 0.717) is 19.0 Å². The Labute approximate surface area is 119 Å². The van der Waals surface area contributed by atoms with Crippen molar-refractivity contribution >= 4 is 16.9 Å². The summed E-state index contributed by atoms with van der Waals surface area (Å²) < 4.78 is 4.62. The van der Waals surface area contributed by atoms with Crippen molar-refractivity contribution in [1.82, 2.24) is 10.3 Å². The first kappa shape index (κ1) is 14.6. The van der Waals surface area contributed by atoms with E-state index >= 15 is 0 Å². The molecule has 0 aliphatic carbocycles. The van der Waals surface area contributed by atoms with E-state index in [-0.39, 0.29) is 5.97 Å². The minimum Gasteiger partial charge on any atom is -0.469 e. The maximum atomic E-state index is 11.1. The summed E-state index contributed by atoms with van der Waals surface area (Å²) in [4.78, 5) is 14.4. The summed E-state index contributed by atoms with van der Waals surface area (Å²) in [7, 11) is 1.42. The fourth-order valence-electron chi connectivity index (χ4n) is 2.39. The van der Waals surface area contributed by atoms with Gasteiger partial charge in [-0.1, -0.05) is 11.6 Å². The predicted molar refractivity (Wildman–Crippen MR) is 80.8 cm³/mol. The highest BCUT2D eigenvalue weighted by Crippen LogP contribution is 2.20. The number of carbonyl (C=O) groups is 1. The zero-order valence-electron chi connectivity index (χ0n) is 12.3. The van der Waals surface area contributed by atoms with Crippen LogP contribution in [-0.4, -0.2) is 30.6 Å². The van der Waals surface area contributed by atoms with Gasteiger partial charge in [-0.05, 0) is 38.0 Å². The number of aryl methyl sites for hydroxylation is 1. The van der Waals surface area contributed by atoms with Gasteiger partial charge in [-0.2, -0.15) is 0 Å². The van der Waals surface area contributed by atoms with Crippen molar-refractivity contribution in [1.29, 1.82) is 0 Å². The summed E-state index contributed by atoms with van der Waals surface area (Å²) in [5, 5.41) is 4.63. The summed E-state index contributed by atoms with van der Waals surface area (Å²) in [6, 6.07) is 6.76.